The Kier molecular flexibility index (Phi) is 5.74. The van der Waals surface area contributed by atoms with Crippen molar-refractivity contribution in [3.63, 3.8) is 0 Å². The Balaban J connectivity index is 1.94. The van der Waals surface area contributed by atoms with E-state index in [9.17, 15) is 9.18 Å². The van der Waals surface area contributed by atoms with E-state index in [1.54, 1.807) is 0 Å². The number of benzene rings is 1. The van der Waals surface area contributed by atoms with E-state index in [1.165, 1.54) is 12.1 Å². The maximum Gasteiger partial charge on any atom is 0.239 e. The SMILES string of the molecule is CCN(CC)C(=O)C1CC(Cc2ccc(F)cc2)CCN1. The smallest absolute Gasteiger partial charge is 0.239 e. The number of rotatable bonds is 5. The van der Waals surface area contributed by atoms with E-state index in [-0.39, 0.29) is 17.8 Å². The fourth-order valence-electron chi connectivity index (χ4n) is 3.08. The summed E-state index contributed by atoms with van der Waals surface area (Å²) in [6.45, 7) is 6.43. The number of carbonyl (C=O) groups is 1. The first kappa shape index (κ1) is 16.0. The molecule has 0 radical (unpaired) electrons. The first-order chi connectivity index (χ1) is 10.1. The molecular formula is C17H25FN2O. The predicted octanol–water partition coefficient (Wildman–Crippen LogP) is 2.60. The fourth-order valence-corrected chi connectivity index (χ4v) is 3.08. The molecule has 2 unspecified atom stereocenters. The zero-order valence-corrected chi connectivity index (χ0v) is 12.9. The second-order valence-electron chi connectivity index (χ2n) is 5.74. The summed E-state index contributed by atoms with van der Waals surface area (Å²) < 4.78 is 12.9. The lowest BCUT2D eigenvalue weighted by atomic mass is 9.86. The quantitative estimate of drug-likeness (QED) is 0.905. The van der Waals surface area contributed by atoms with Crippen LogP contribution in [0.4, 0.5) is 4.39 Å². The Morgan fingerprint density at radius 3 is 2.57 bits per heavy atom. The minimum atomic E-state index is -0.196. The molecule has 0 aliphatic carbocycles. The number of likely N-dealkylation sites (N-methyl/N-ethyl adjacent to an activating group) is 1. The number of halogens is 1. The van der Waals surface area contributed by atoms with E-state index in [1.807, 2.05) is 30.9 Å². The lowest BCUT2D eigenvalue weighted by Crippen LogP contribution is -2.50. The molecule has 0 saturated carbocycles. The molecule has 4 heteroatoms. The standard InChI is InChI=1S/C17H25FN2O/c1-3-20(4-2)17(21)16-12-14(9-10-19-16)11-13-5-7-15(18)8-6-13/h5-8,14,16,19H,3-4,9-12H2,1-2H3. The zero-order valence-electron chi connectivity index (χ0n) is 12.9. The van der Waals surface area contributed by atoms with Crippen molar-refractivity contribution in [2.24, 2.45) is 5.92 Å². The molecule has 1 aliphatic rings. The number of nitrogens with zero attached hydrogens (tertiary/aromatic N) is 1. The van der Waals surface area contributed by atoms with E-state index < -0.39 is 0 Å². The molecule has 1 amide bonds. The van der Waals surface area contributed by atoms with Crippen LogP contribution in [-0.2, 0) is 11.2 Å². The van der Waals surface area contributed by atoms with Crippen LogP contribution in [0, 0.1) is 11.7 Å². The summed E-state index contributed by atoms with van der Waals surface area (Å²) in [6.07, 6.45) is 2.86. The lowest BCUT2D eigenvalue weighted by Gasteiger charge is -2.33. The van der Waals surface area contributed by atoms with Gasteiger partial charge in [0.2, 0.25) is 5.91 Å². The fraction of sp³-hybridized carbons (Fsp3) is 0.588. The Labute approximate surface area is 126 Å². The van der Waals surface area contributed by atoms with Crippen LogP contribution in [0.15, 0.2) is 24.3 Å². The van der Waals surface area contributed by atoms with Gasteiger partial charge >= 0.3 is 0 Å². The molecule has 1 N–H and O–H groups in total. The number of piperidine rings is 1. The number of carbonyl (C=O) groups excluding carboxylic acids is 1. The molecule has 0 bridgehead atoms. The van der Waals surface area contributed by atoms with Crippen molar-refractivity contribution in [2.45, 2.75) is 39.2 Å². The third-order valence-corrected chi connectivity index (χ3v) is 4.32. The Morgan fingerprint density at radius 1 is 1.29 bits per heavy atom. The van der Waals surface area contributed by atoms with Crippen molar-refractivity contribution < 1.29 is 9.18 Å². The minimum absolute atomic E-state index is 0.0656. The molecule has 1 fully saturated rings. The molecule has 0 spiro atoms. The van der Waals surface area contributed by atoms with Crippen molar-refractivity contribution >= 4 is 5.91 Å². The highest BCUT2D eigenvalue weighted by atomic mass is 19.1. The molecule has 1 aliphatic heterocycles. The molecule has 1 saturated heterocycles. The molecule has 2 rings (SSSR count). The molecule has 1 heterocycles. The normalized spacial score (nSPS) is 22.0. The van der Waals surface area contributed by atoms with Gasteiger partial charge in [-0.2, -0.15) is 0 Å². The number of amides is 1. The van der Waals surface area contributed by atoms with Crippen LogP contribution in [0.3, 0.4) is 0 Å². The van der Waals surface area contributed by atoms with Crippen LogP contribution in [0.25, 0.3) is 0 Å². The van der Waals surface area contributed by atoms with Gasteiger partial charge in [0, 0.05) is 13.1 Å². The average molecular weight is 292 g/mol. The van der Waals surface area contributed by atoms with Crippen LogP contribution < -0.4 is 5.32 Å². The van der Waals surface area contributed by atoms with Crippen LogP contribution in [0.2, 0.25) is 0 Å². The minimum Gasteiger partial charge on any atom is -0.342 e. The number of nitrogens with one attached hydrogen (secondary N) is 1. The van der Waals surface area contributed by atoms with Gasteiger partial charge < -0.3 is 10.2 Å². The van der Waals surface area contributed by atoms with Crippen molar-refractivity contribution in [3.8, 4) is 0 Å². The molecule has 3 nitrogen and oxygen atoms in total. The van der Waals surface area contributed by atoms with Crippen LogP contribution >= 0.6 is 0 Å². The number of hydrogen-bond acceptors (Lipinski definition) is 2. The first-order valence-electron chi connectivity index (χ1n) is 7.90. The lowest BCUT2D eigenvalue weighted by molar-refractivity contribution is -0.134. The summed E-state index contributed by atoms with van der Waals surface area (Å²) in [5.74, 6) is 0.503. The maximum atomic E-state index is 12.9. The molecule has 1 aromatic rings. The molecule has 21 heavy (non-hydrogen) atoms. The van der Waals surface area contributed by atoms with E-state index >= 15 is 0 Å². The van der Waals surface area contributed by atoms with Crippen LogP contribution in [0.5, 0.6) is 0 Å². The van der Waals surface area contributed by atoms with Gasteiger partial charge in [0.15, 0.2) is 0 Å². The average Bonchev–Trinajstić information content (AvgIpc) is 2.51. The van der Waals surface area contributed by atoms with Gasteiger partial charge in [-0.3, -0.25) is 4.79 Å². The monoisotopic (exact) mass is 292 g/mol. The van der Waals surface area contributed by atoms with E-state index in [0.717, 1.165) is 44.5 Å². The van der Waals surface area contributed by atoms with Crippen molar-refractivity contribution in [2.75, 3.05) is 19.6 Å². The molecule has 116 valence electrons. The summed E-state index contributed by atoms with van der Waals surface area (Å²) in [5, 5.41) is 3.34. The third kappa shape index (κ3) is 4.27. The van der Waals surface area contributed by atoms with E-state index in [4.69, 9.17) is 0 Å². The van der Waals surface area contributed by atoms with E-state index in [2.05, 4.69) is 5.32 Å². The van der Waals surface area contributed by atoms with Gasteiger partial charge in [-0.15, -0.1) is 0 Å². The van der Waals surface area contributed by atoms with Gasteiger partial charge in [-0.05, 0) is 63.3 Å². The van der Waals surface area contributed by atoms with E-state index in [0.29, 0.717) is 5.92 Å². The molecular weight excluding hydrogens is 267 g/mol. The second-order valence-corrected chi connectivity index (χ2v) is 5.74. The summed E-state index contributed by atoms with van der Waals surface area (Å²) in [5.41, 5.74) is 1.15. The predicted molar refractivity (Wildman–Crippen MR) is 82.5 cm³/mol. The van der Waals surface area contributed by atoms with Crippen molar-refractivity contribution in [1.29, 1.82) is 0 Å². The van der Waals surface area contributed by atoms with Gasteiger partial charge in [-0.1, -0.05) is 12.1 Å². The summed E-state index contributed by atoms with van der Waals surface area (Å²) in [6, 6.07) is 6.64. The highest BCUT2D eigenvalue weighted by Crippen LogP contribution is 2.22. The highest BCUT2D eigenvalue weighted by Gasteiger charge is 2.29. The molecule has 0 aromatic heterocycles. The summed E-state index contributed by atoms with van der Waals surface area (Å²) in [7, 11) is 0. The largest absolute Gasteiger partial charge is 0.342 e. The van der Waals surface area contributed by atoms with Crippen LogP contribution in [0.1, 0.15) is 32.3 Å². The third-order valence-electron chi connectivity index (χ3n) is 4.32. The van der Waals surface area contributed by atoms with Gasteiger partial charge in [0.25, 0.3) is 0 Å². The molecule has 1 aromatic carbocycles. The summed E-state index contributed by atoms with van der Waals surface area (Å²) >= 11 is 0. The van der Waals surface area contributed by atoms with Gasteiger partial charge in [0.05, 0.1) is 6.04 Å². The zero-order chi connectivity index (χ0) is 15.2. The number of hydrogen-bond donors (Lipinski definition) is 1. The highest BCUT2D eigenvalue weighted by molar-refractivity contribution is 5.82. The topological polar surface area (TPSA) is 32.3 Å². The summed E-state index contributed by atoms with van der Waals surface area (Å²) in [4.78, 5) is 14.3. The maximum absolute atomic E-state index is 12.9. The Morgan fingerprint density at radius 2 is 1.95 bits per heavy atom. The van der Waals surface area contributed by atoms with Crippen molar-refractivity contribution in [1.82, 2.24) is 10.2 Å². The first-order valence-corrected chi connectivity index (χ1v) is 7.90. The second kappa shape index (κ2) is 7.55. The van der Waals surface area contributed by atoms with Gasteiger partial charge in [-0.25, -0.2) is 4.39 Å². The van der Waals surface area contributed by atoms with Gasteiger partial charge in [0.1, 0.15) is 5.82 Å². The van der Waals surface area contributed by atoms with Crippen molar-refractivity contribution in [3.05, 3.63) is 35.6 Å². The van der Waals surface area contributed by atoms with Crippen LogP contribution in [-0.4, -0.2) is 36.5 Å². The Hall–Kier alpha value is -1.42. The Bertz CT molecular complexity index is 456. The molecule has 2 atom stereocenters.